The van der Waals surface area contributed by atoms with Gasteiger partial charge in [-0.05, 0) is 17.7 Å². The number of nitrogens with two attached hydrogens (primary N) is 1. The van der Waals surface area contributed by atoms with Gasteiger partial charge in [-0.3, -0.25) is 4.79 Å². The Kier molecular flexibility index (Phi) is 3.20. The summed E-state index contributed by atoms with van der Waals surface area (Å²) in [7, 11) is 1.60. The van der Waals surface area contributed by atoms with Gasteiger partial charge in [0.05, 0.1) is 12.8 Å². The number of ether oxygens (including phenoxy) is 1. The fourth-order valence-electron chi connectivity index (χ4n) is 1.62. The third kappa shape index (κ3) is 2.34. The highest BCUT2D eigenvalue weighted by atomic mass is 16.5. The molecule has 0 aliphatic rings. The van der Waals surface area contributed by atoms with Gasteiger partial charge in [0.15, 0.2) is 0 Å². The summed E-state index contributed by atoms with van der Waals surface area (Å²) >= 11 is 0. The molecule has 0 bridgehead atoms. The molecule has 17 heavy (non-hydrogen) atoms. The lowest BCUT2D eigenvalue weighted by Gasteiger charge is -2.07. The van der Waals surface area contributed by atoms with E-state index in [0.29, 0.717) is 11.3 Å². The van der Waals surface area contributed by atoms with E-state index in [4.69, 9.17) is 10.5 Å². The number of nitrogens with one attached hydrogen (secondary N) is 1. The topological polar surface area (TPSA) is 81.0 Å². The number of aromatic nitrogens is 2. The molecule has 5 nitrogen and oxygen atoms in total. The maximum absolute atomic E-state index is 11.2. The normalized spacial score (nSPS) is 10.2. The lowest BCUT2D eigenvalue weighted by Crippen LogP contribution is -2.12. The first kappa shape index (κ1) is 11.3. The quantitative estimate of drug-likeness (QED) is 0.822. The van der Waals surface area contributed by atoms with Crippen LogP contribution in [0.5, 0.6) is 5.75 Å². The summed E-state index contributed by atoms with van der Waals surface area (Å²) in [5.41, 5.74) is 7.60. The van der Waals surface area contributed by atoms with E-state index in [9.17, 15) is 4.79 Å². The molecule has 0 amide bonds. The fourth-order valence-corrected chi connectivity index (χ4v) is 1.62. The molecule has 1 heterocycles. The van der Waals surface area contributed by atoms with Crippen molar-refractivity contribution in [1.82, 2.24) is 10.2 Å². The van der Waals surface area contributed by atoms with E-state index in [1.54, 1.807) is 7.11 Å². The number of rotatable bonds is 3. The molecule has 0 fully saturated rings. The highest BCUT2D eigenvalue weighted by molar-refractivity contribution is 5.64. The third-order valence-corrected chi connectivity index (χ3v) is 2.45. The molecular weight excluding hydrogens is 218 g/mol. The monoisotopic (exact) mass is 231 g/mol. The van der Waals surface area contributed by atoms with Crippen LogP contribution in [0.3, 0.4) is 0 Å². The van der Waals surface area contributed by atoms with Gasteiger partial charge in [-0.1, -0.05) is 12.1 Å². The Morgan fingerprint density at radius 3 is 2.94 bits per heavy atom. The molecule has 5 heteroatoms. The predicted octanol–water partition coefficient (Wildman–Crippen LogP) is 0.904. The lowest BCUT2D eigenvalue weighted by molar-refractivity contribution is 0.415. The van der Waals surface area contributed by atoms with Crippen molar-refractivity contribution in [3.63, 3.8) is 0 Å². The van der Waals surface area contributed by atoms with Gasteiger partial charge in [-0.2, -0.15) is 5.10 Å². The van der Waals surface area contributed by atoms with Crippen LogP contribution in [0.1, 0.15) is 5.56 Å². The van der Waals surface area contributed by atoms with Crippen molar-refractivity contribution in [2.75, 3.05) is 7.11 Å². The van der Waals surface area contributed by atoms with Gasteiger partial charge in [0.25, 0.3) is 5.56 Å². The zero-order valence-corrected chi connectivity index (χ0v) is 9.43. The van der Waals surface area contributed by atoms with Crippen molar-refractivity contribution < 1.29 is 4.74 Å². The third-order valence-electron chi connectivity index (χ3n) is 2.45. The Balaban J connectivity index is 2.55. The zero-order chi connectivity index (χ0) is 12.3. The van der Waals surface area contributed by atoms with Crippen LogP contribution in [0.4, 0.5) is 0 Å². The van der Waals surface area contributed by atoms with E-state index >= 15 is 0 Å². The lowest BCUT2D eigenvalue weighted by atomic mass is 10.1. The minimum Gasteiger partial charge on any atom is -0.497 e. The predicted molar refractivity (Wildman–Crippen MR) is 64.7 cm³/mol. The molecule has 3 N–H and O–H groups in total. The Morgan fingerprint density at radius 2 is 2.24 bits per heavy atom. The number of H-pyrrole nitrogens is 1. The van der Waals surface area contributed by atoms with Crippen LogP contribution in [-0.2, 0) is 6.54 Å². The number of nitrogens with zero attached hydrogens (tertiary/aromatic N) is 1. The largest absolute Gasteiger partial charge is 0.497 e. The molecular formula is C12H13N3O2. The van der Waals surface area contributed by atoms with E-state index in [-0.39, 0.29) is 12.1 Å². The van der Waals surface area contributed by atoms with Gasteiger partial charge in [0, 0.05) is 18.2 Å². The van der Waals surface area contributed by atoms with E-state index in [1.165, 1.54) is 6.07 Å². The maximum Gasteiger partial charge on any atom is 0.264 e. The molecule has 0 saturated heterocycles. The number of hydrogen-bond donors (Lipinski definition) is 2. The molecule has 0 saturated carbocycles. The van der Waals surface area contributed by atoms with Crippen molar-refractivity contribution in [3.05, 3.63) is 46.2 Å². The van der Waals surface area contributed by atoms with E-state index in [0.717, 1.165) is 11.3 Å². The fraction of sp³-hybridized carbons (Fsp3) is 0.167. The Labute approximate surface area is 98.2 Å². The molecule has 0 spiro atoms. The van der Waals surface area contributed by atoms with E-state index in [1.807, 2.05) is 24.3 Å². The summed E-state index contributed by atoms with van der Waals surface area (Å²) in [6, 6.07) is 8.91. The van der Waals surface area contributed by atoms with Crippen LogP contribution in [0.15, 0.2) is 35.1 Å². The summed E-state index contributed by atoms with van der Waals surface area (Å²) < 4.78 is 5.14. The Bertz CT molecular complexity index is 578. The summed E-state index contributed by atoms with van der Waals surface area (Å²) in [5.74, 6) is 0.735. The Hall–Kier alpha value is -2.14. The first-order chi connectivity index (χ1) is 8.24. The van der Waals surface area contributed by atoms with Gasteiger partial charge in [-0.25, -0.2) is 5.10 Å². The second-order valence-corrected chi connectivity index (χ2v) is 3.54. The maximum atomic E-state index is 11.2. The molecule has 0 unspecified atom stereocenters. The van der Waals surface area contributed by atoms with Crippen LogP contribution >= 0.6 is 0 Å². The molecule has 1 aromatic heterocycles. The molecule has 0 aliphatic carbocycles. The Morgan fingerprint density at radius 1 is 1.41 bits per heavy atom. The van der Waals surface area contributed by atoms with Gasteiger partial charge in [-0.15, -0.1) is 0 Å². The molecule has 0 atom stereocenters. The summed E-state index contributed by atoms with van der Waals surface area (Å²) in [5, 5.41) is 6.43. The van der Waals surface area contributed by atoms with Gasteiger partial charge in [0.1, 0.15) is 5.75 Å². The van der Waals surface area contributed by atoms with Crippen LogP contribution in [-0.4, -0.2) is 17.3 Å². The number of hydrogen-bond acceptors (Lipinski definition) is 4. The average molecular weight is 231 g/mol. The summed E-state index contributed by atoms with van der Waals surface area (Å²) in [6.07, 6.45) is 0. The minimum atomic E-state index is -0.253. The van der Waals surface area contributed by atoms with Crippen molar-refractivity contribution >= 4 is 0 Å². The summed E-state index contributed by atoms with van der Waals surface area (Å²) in [6.45, 7) is 0.267. The summed E-state index contributed by atoms with van der Waals surface area (Å²) in [4.78, 5) is 11.2. The van der Waals surface area contributed by atoms with Crippen LogP contribution < -0.4 is 16.0 Å². The van der Waals surface area contributed by atoms with Crippen molar-refractivity contribution in [1.29, 1.82) is 0 Å². The molecule has 2 rings (SSSR count). The molecule has 1 aromatic carbocycles. The van der Waals surface area contributed by atoms with Crippen molar-refractivity contribution in [2.45, 2.75) is 6.54 Å². The molecule has 0 aliphatic heterocycles. The van der Waals surface area contributed by atoms with Gasteiger partial charge >= 0.3 is 0 Å². The highest BCUT2D eigenvalue weighted by Crippen LogP contribution is 2.23. The number of aromatic amines is 1. The van der Waals surface area contributed by atoms with Gasteiger partial charge in [0.2, 0.25) is 0 Å². The van der Waals surface area contributed by atoms with Crippen molar-refractivity contribution in [3.8, 4) is 17.0 Å². The first-order valence-electron chi connectivity index (χ1n) is 5.17. The second-order valence-electron chi connectivity index (χ2n) is 3.54. The van der Waals surface area contributed by atoms with Crippen LogP contribution in [0.2, 0.25) is 0 Å². The van der Waals surface area contributed by atoms with E-state index < -0.39 is 0 Å². The van der Waals surface area contributed by atoms with Crippen molar-refractivity contribution in [2.24, 2.45) is 5.73 Å². The van der Waals surface area contributed by atoms with Gasteiger partial charge < -0.3 is 10.5 Å². The smallest absolute Gasteiger partial charge is 0.264 e. The average Bonchev–Trinajstić information content (AvgIpc) is 2.38. The molecule has 2 aromatic rings. The SMILES string of the molecule is COc1cccc(-c2n[nH]c(=O)cc2CN)c1. The second kappa shape index (κ2) is 4.80. The highest BCUT2D eigenvalue weighted by Gasteiger charge is 2.07. The standard InChI is InChI=1S/C12H13N3O2/c1-17-10-4-2-3-8(5-10)12-9(7-13)6-11(16)14-15-12/h2-6H,7,13H2,1H3,(H,14,16). The van der Waals surface area contributed by atoms with Crippen LogP contribution in [0.25, 0.3) is 11.3 Å². The van der Waals surface area contributed by atoms with E-state index in [2.05, 4.69) is 10.2 Å². The van der Waals surface area contributed by atoms with Crippen LogP contribution in [0, 0.1) is 0 Å². The molecule has 88 valence electrons. The first-order valence-corrected chi connectivity index (χ1v) is 5.17. The number of methoxy groups -OCH3 is 1. The number of benzene rings is 1. The minimum absolute atomic E-state index is 0.253. The zero-order valence-electron chi connectivity index (χ0n) is 9.43. The molecule has 0 radical (unpaired) electrons.